The number of carbonyl (C=O) groups is 1. The Labute approximate surface area is 153 Å². The van der Waals surface area contributed by atoms with E-state index in [2.05, 4.69) is 34.9 Å². The van der Waals surface area contributed by atoms with Gasteiger partial charge in [-0.25, -0.2) is 4.98 Å². The molecule has 2 fully saturated rings. The lowest BCUT2D eigenvalue weighted by molar-refractivity contribution is -0.136. The highest BCUT2D eigenvalue weighted by atomic mass is 32.1. The number of carbonyl (C=O) groups excluding carboxylic acids is 1. The molecule has 1 aromatic heterocycles. The topological polar surface area (TPSA) is 36.4 Å². The Hall–Kier alpha value is -1.62. The maximum Gasteiger partial charge on any atom is 0.225 e. The quantitative estimate of drug-likeness (QED) is 0.830. The molecule has 1 saturated heterocycles. The van der Waals surface area contributed by atoms with Crippen LogP contribution in [0.15, 0.2) is 18.2 Å². The molecular weight excluding hydrogens is 330 g/mol. The van der Waals surface area contributed by atoms with E-state index in [1.54, 1.807) is 11.3 Å². The van der Waals surface area contributed by atoms with Crippen molar-refractivity contribution >= 4 is 32.6 Å². The van der Waals surface area contributed by atoms with E-state index in [1.807, 2.05) is 0 Å². The van der Waals surface area contributed by atoms with Crippen LogP contribution in [-0.2, 0) is 11.2 Å². The first kappa shape index (κ1) is 16.8. The summed E-state index contributed by atoms with van der Waals surface area (Å²) < 4.78 is 1.27. The summed E-state index contributed by atoms with van der Waals surface area (Å²) >= 11 is 1.78. The number of rotatable bonds is 3. The molecule has 1 aromatic carbocycles. The minimum Gasteiger partial charge on any atom is -0.345 e. The molecule has 1 saturated carbocycles. The first-order chi connectivity index (χ1) is 12.3. The zero-order valence-corrected chi connectivity index (χ0v) is 15.9. The first-order valence-electron chi connectivity index (χ1n) is 9.68. The predicted molar refractivity (Wildman–Crippen MR) is 104 cm³/mol. The summed E-state index contributed by atoms with van der Waals surface area (Å²) in [5.74, 6) is 0.687. The lowest BCUT2D eigenvalue weighted by atomic mass is 9.88. The summed E-state index contributed by atoms with van der Waals surface area (Å²) in [5, 5.41) is 1.11. The smallest absolute Gasteiger partial charge is 0.225 e. The molecule has 0 atom stereocenters. The second-order valence-electron chi connectivity index (χ2n) is 7.26. The van der Waals surface area contributed by atoms with Gasteiger partial charge in [0.1, 0.15) is 0 Å². The Balaban J connectivity index is 1.42. The molecule has 0 unspecified atom stereocenters. The van der Waals surface area contributed by atoms with Gasteiger partial charge in [-0.3, -0.25) is 4.79 Å². The van der Waals surface area contributed by atoms with Gasteiger partial charge in [0, 0.05) is 32.1 Å². The van der Waals surface area contributed by atoms with Crippen LogP contribution < -0.4 is 4.90 Å². The number of hydrogen-bond donors (Lipinski definition) is 0. The number of nitrogens with zero attached hydrogens (tertiary/aromatic N) is 3. The second-order valence-corrected chi connectivity index (χ2v) is 8.27. The second kappa shape index (κ2) is 7.32. The Morgan fingerprint density at radius 1 is 1.16 bits per heavy atom. The molecule has 2 heterocycles. The van der Waals surface area contributed by atoms with Crippen LogP contribution >= 0.6 is 11.3 Å². The molecule has 2 aliphatic rings. The van der Waals surface area contributed by atoms with Crippen LogP contribution in [0.5, 0.6) is 0 Å². The first-order valence-corrected chi connectivity index (χ1v) is 10.5. The van der Waals surface area contributed by atoms with Gasteiger partial charge < -0.3 is 9.80 Å². The van der Waals surface area contributed by atoms with Crippen LogP contribution in [0.25, 0.3) is 10.2 Å². The Morgan fingerprint density at radius 2 is 1.92 bits per heavy atom. The number of fused-ring (bicyclic) bond motifs is 1. The van der Waals surface area contributed by atoms with Crippen molar-refractivity contribution in [1.29, 1.82) is 0 Å². The fraction of sp³-hybridized carbons (Fsp3) is 0.600. The standard InChI is InChI=1S/C20H27N3OS/c1-2-15-9-6-10-17-18(15)21-20(25-17)23-13-11-22(12-14-23)19(24)16-7-4-3-5-8-16/h6,9-10,16H,2-5,7-8,11-14H2,1H3. The van der Waals surface area contributed by atoms with Crippen LogP contribution in [0.4, 0.5) is 5.13 Å². The van der Waals surface area contributed by atoms with E-state index in [1.165, 1.54) is 29.5 Å². The van der Waals surface area contributed by atoms with E-state index in [0.717, 1.165) is 56.1 Å². The van der Waals surface area contributed by atoms with Gasteiger partial charge >= 0.3 is 0 Å². The number of aryl methyl sites for hydroxylation is 1. The van der Waals surface area contributed by atoms with Gasteiger partial charge in [-0.1, -0.05) is 49.7 Å². The highest BCUT2D eigenvalue weighted by Crippen LogP contribution is 2.32. The van der Waals surface area contributed by atoms with Crippen LogP contribution in [-0.4, -0.2) is 42.0 Å². The molecule has 5 heteroatoms. The van der Waals surface area contributed by atoms with Crippen LogP contribution in [0.1, 0.15) is 44.6 Å². The third kappa shape index (κ3) is 3.39. The number of benzene rings is 1. The lowest BCUT2D eigenvalue weighted by Crippen LogP contribution is -2.50. The molecule has 2 aromatic rings. The molecule has 25 heavy (non-hydrogen) atoms. The van der Waals surface area contributed by atoms with E-state index in [9.17, 15) is 4.79 Å². The van der Waals surface area contributed by atoms with Crippen LogP contribution in [0.3, 0.4) is 0 Å². The summed E-state index contributed by atoms with van der Waals surface area (Å²) in [4.78, 5) is 22.1. The van der Waals surface area contributed by atoms with E-state index >= 15 is 0 Å². The minimum absolute atomic E-state index is 0.287. The molecule has 1 amide bonds. The van der Waals surface area contributed by atoms with E-state index in [4.69, 9.17) is 4.98 Å². The number of amides is 1. The molecule has 1 aliphatic heterocycles. The predicted octanol–water partition coefficient (Wildman–Crippen LogP) is 4.09. The highest BCUT2D eigenvalue weighted by Gasteiger charge is 2.29. The molecule has 4 nitrogen and oxygen atoms in total. The van der Waals surface area contributed by atoms with Crippen molar-refractivity contribution in [2.75, 3.05) is 31.1 Å². The highest BCUT2D eigenvalue weighted by molar-refractivity contribution is 7.22. The van der Waals surface area contributed by atoms with Crippen LogP contribution in [0, 0.1) is 5.92 Å². The van der Waals surface area contributed by atoms with Crippen molar-refractivity contribution in [3.63, 3.8) is 0 Å². The summed E-state index contributed by atoms with van der Waals surface area (Å²) in [6.07, 6.45) is 6.95. The van der Waals surface area contributed by atoms with Crippen molar-refractivity contribution in [3.05, 3.63) is 23.8 Å². The third-order valence-corrected chi connectivity index (χ3v) is 6.77. The number of thiazole rings is 1. The molecule has 0 bridgehead atoms. The Bertz CT molecular complexity index is 742. The molecule has 134 valence electrons. The third-order valence-electron chi connectivity index (χ3n) is 5.69. The Kier molecular flexibility index (Phi) is 4.93. The molecule has 1 aliphatic carbocycles. The Morgan fingerprint density at radius 3 is 2.64 bits per heavy atom. The SMILES string of the molecule is CCc1cccc2sc(N3CCN(C(=O)C4CCCCC4)CC3)nc12. The maximum absolute atomic E-state index is 12.7. The lowest BCUT2D eigenvalue weighted by Gasteiger charge is -2.37. The zero-order chi connectivity index (χ0) is 17.2. The fourth-order valence-corrected chi connectivity index (χ4v) is 5.21. The normalized spacial score (nSPS) is 19.6. The summed E-state index contributed by atoms with van der Waals surface area (Å²) in [6.45, 7) is 5.67. The largest absolute Gasteiger partial charge is 0.345 e. The number of aromatic nitrogens is 1. The molecule has 0 N–H and O–H groups in total. The summed E-state index contributed by atoms with van der Waals surface area (Å²) in [6, 6.07) is 6.47. The van der Waals surface area contributed by atoms with Gasteiger partial charge in [-0.05, 0) is 30.9 Å². The summed E-state index contributed by atoms with van der Waals surface area (Å²) in [7, 11) is 0. The van der Waals surface area contributed by atoms with E-state index in [0.29, 0.717) is 5.91 Å². The van der Waals surface area contributed by atoms with Gasteiger partial charge in [-0.15, -0.1) is 0 Å². The zero-order valence-electron chi connectivity index (χ0n) is 15.0. The van der Waals surface area contributed by atoms with Crippen molar-refractivity contribution in [3.8, 4) is 0 Å². The van der Waals surface area contributed by atoms with Gasteiger partial charge in [0.05, 0.1) is 10.2 Å². The van der Waals surface area contributed by atoms with Crippen LogP contribution in [0.2, 0.25) is 0 Å². The van der Waals surface area contributed by atoms with Crippen molar-refractivity contribution in [2.45, 2.75) is 45.4 Å². The van der Waals surface area contributed by atoms with Gasteiger partial charge in [0.15, 0.2) is 5.13 Å². The number of anilines is 1. The molecule has 4 rings (SSSR count). The molecular formula is C20H27N3OS. The average molecular weight is 358 g/mol. The number of hydrogen-bond acceptors (Lipinski definition) is 4. The average Bonchev–Trinajstić information content (AvgIpc) is 3.12. The fourth-order valence-electron chi connectivity index (χ4n) is 4.14. The van der Waals surface area contributed by atoms with E-state index < -0.39 is 0 Å². The van der Waals surface area contributed by atoms with Crippen molar-refractivity contribution < 1.29 is 4.79 Å². The van der Waals surface area contributed by atoms with Gasteiger partial charge in [-0.2, -0.15) is 0 Å². The maximum atomic E-state index is 12.7. The van der Waals surface area contributed by atoms with E-state index in [-0.39, 0.29) is 5.92 Å². The molecule has 0 spiro atoms. The number of piperazine rings is 1. The van der Waals surface area contributed by atoms with Gasteiger partial charge in [0.2, 0.25) is 5.91 Å². The van der Waals surface area contributed by atoms with Crippen molar-refractivity contribution in [1.82, 2.24) is 9.88 Å². The van der Waals surface area contributed by atoms with Crippen molar-refractivity contribution in [2.24, 2.45) is 5.92 Å². The number of para-hydroxylation sites is 1. The molecule has 0 radical (unpaired) electrons. The summed E-state index contributed by atoms with van der Waals surface area (Å²) in [5.41, 5.74) is 2.48. The monoisotopic (exact) mass is 357 g/mol. The minimum atomic E-state index is 0.287. The van der Waals surface area contributed by atoms with Gasteiger partial charge in [0.25, 0.3) is 0 Å².